The van der Waals surface area contributed by atoms with E-state index in [0.29, 0.717) is 28.8 Å². The van der Waals surface area contributed by atoms with E-state index in [4.69, 9.17) is 16.3 Å². The molecule has 0 saturated heterocycles. The third-order valence-electron chi connectivity index (χ3n) is 4.47. The second-order valence-corrected chi connectivity index (χ2v) is 6.76. The summed E-state index contributed by atoms with van der Waals surface area (Å²) in [6, 6.07) is 22.4. The Labute approximate surface area is 167 Å². The fourth-order valence-corrected chi connectivity index (χ4v) is 3.17. The van der Waals surface area contributed by atoms with Crippen LogP contribution in [0.3, 0.4) is 0 Å². The Morgan fingerprint density at radius 1 is 1.07 bits per heavy atom. The van der Waals surface area contributed by atoms with E-state index in [1.165, 1.54) is 0 Å². The molecule has 5 nitrogen and oxygen atoms in total. The summed E-state index contributed by atoms with van der Waals surface area (Å²) in [5.74, 6) is 0.873. The Hall–Kier alpha value is -3.31. The van der Waals surface area contributed by atoms with Crippen LogP contribution < -0.4 is 10.1 Å². The highest BCUT2D eigenvalue weighted by Crippen LogP contribution is 2.23. The molecular weight excluding hydrogens is 374 g/mol. The lowest BCUT2D eigenvalue weighted by atomic mass is 10.2. The maximum Gasteiger partial charge on any atom is 0.258 e. The summed E-state index contributed by atoms with van der Waals surface area (Å²) < 4.78 is 7.19. The van der Waals surface area contributed by atoms with Crippen LogP contribution in [0.15, 0.2) is 72.8 Å². The molecule has 0 atom stereocenters. The van der Waals surface area contributed by atoms with Crippen molar-refractivity contribution in [1.29, 1.82) is 0 Å². The van der Waals surface area contributed by atoms with E-state index >= 15 is 0 Å². The molecular formula is C22H18ClN3O2. The molecule has 4 rings (SSSR count). The highest BCUT2D eigenvalue weighted by Gasteiger charge is 2.15. The summed E-state index contributed by atoms with van der Waals surface area (Å²) in [6.45, 7) is 0.561. The van der Waals surface area contributed by atoms with Crippen LogP contribution in [0.1, 0.15) is 15.9 Å². The zero-order valence-electron chi connectivity index (χ0n) is 15.2. The molecule has 0 saturated carbocycles. The number of rotatable bonds is 5. The van der Waals surface area contributed by atoms with Gasteiger partial charge in [-0.2, -0.15) is 0 Å². The number of fused-ring (bicyclic) bond motifs is 1. The number of imidazole rings is 1. The molecule has 0 aliphatic carbocycles. The summed E-state index contributed by atoms with van der Waals surface area (Å²) in [4.78, 5) is 17.4. The molecule has 140 valence electrons. The van der Waals surface area contributed by atoms with Crippen molar-refractivity contribution in [2.75, 3.05) is 12.4 Å². The van der Waals surface area contributed by atoms with Crippen molar-refractivity contribution in [1.82, 2.24) is 9.55 Å². The molecule has 0 unspecified atom stereocenters. The van der Waals surface area contributed by atoms with Crippen molar-refractivity contribution >= 4 is 34.5 Å². The second kappa shape index (κ2) is 7.74. The maximum atomic E-state index is 12.8. The molecule has 0 radical (unpaired) electrons. The average Bonchev–Trinajstić information content (AvgIpc) is 3.06. The fourth-order valence-electron chi connectivity index (χ4n) is 3.04. The Bertz CT molecular complexity index is 1140. The van der Waals surface area contributed by atoms with Gasteiger partial charge >= 0.3 is 0 Å². The highest BCUT2D eigenvalue weighted by atomic mass is 35.5. The van der Waals surface area contributed by atoms with Crippen molar-refractivity contribution < 1.29 is 9.53 Å². The number of hydrogen-bond donors (Lipinski definition) is 1. The molecule has 6 heteroatoms. The first kappa shape index (κ1) is 18.1. The van der Waals surface area contributed by atoms with Crippen LogP contribution in [0.4, 0.5) is 5.95 Å². The predicted molar refractivity (Wildman–Crippen MR) is 111 cm³/mol. The minimum atomic E-state index is -0.244. The Balaban J connectivity index is 1.69. The van der Waals surface area contributed by atoms with Crippen LogP contribution in [-0.4, -0.2) is 22.6 Å². The number of ether oxygens (including phenoxy) is 1. The lowest BCUT2D eigenvalue weighted by Crippen LogP contribution is -2.16. The first-order chi connectivity index (χ1) is 13.6. The maximum absolute atomic E-state index is 12.8. The van der Waals surface area contributed by atoms with Gasteiger partial charge in [0.2, 0.25) is 5.95 Å². The summed E-state index contributed by atoms with van der Waals surface area (Å²) in [5, 5.41) is 3.62. The molecule has 1 N–H and O–H groups in total. The molecule has 1 heterocycles. The van der Waals surface area contributed by atoms with E-state index in [0.717, 1.165) is 16.6 Å². The van der Waals surface area contributed by atoms with Crippen molar-refractivity contribution in [2.45, 2.75) is 6.54 Å². The van der Waals surface area contributed by atoms with Gasteiger partial charge in [-0.15, -0.1) is 0 Å². The van der Waals surface area contributed by atoms with Crippen LogP contribution in [-0.2, 0) is 6.54 Å². The van der Waals surface area contributed by atoms with Gasteiger partial charge in [0, 0.05) is 10.6 Å². The summed E-state index contributed by atoms with van der Waals surface area (Å²) in [7, 11) is 1.57. The lowest BCUT2D eigenvalue weighted by Gasteiger charge is -2.11. The van der Waals surface area contributed by atoms with Crippen molar-refractivity contribution in [2.24, 2.45) is 0 Å². The largest absolute Gasteiger partial charge is 0.497 e. The van der Waals surface area contributed by atoms with Crippen molar-refractivity contribution in [3.8, 4) is 5.75 Å². The van der Waals surface area contributed by atoms with Crippen molar-refractivity contribution in [3.05, 3.63) is 88.9 Å². The van der Waals surface area contributed by atoms with Gasteiger partial charge in [0.05, 0.1) is 24.7 Å². The number of halogens is 1. The van der Waals surface area contributed by atoms with E-state index in [2.05, 4.69) is 10.3 Å². The monoisotopic (exact) mass is 391 g/mol. The number of carbonyl (C=O) groups is 1. The minimum absolute atomic E-state index is 0.244. The fraction of sp³-hybridized carbons (Fsp3) is 0.0909. The first-order valence-corrected chi connectivity index (χ1v) is 9.17. The number of carbonyl (C=O) groups excluding carboxylic acids is 1. The van der Waals surface area contributed by atoms with Crippen LogP contribution in [0.25, 0.3) is 11.0 Å². The summed E-state index contributed by atoms with van der Waals surface area (Å²) >= 11 is 5.99. The van der Waals surface area contributed by atoms with Crippen LogP contribution >= 0.6 is 11.6 Å². The number of hydrogen-bond acceptors (Lipinski definition) is 3. The molecule has 4 aromatic rings. The molecule has 3 aromatic carbocycles. The number of methoxy groups -OCH3 is 1. The van der Waals surface area contributed by atoms with Gasteiger partial charge in [-0.25, -0.2) is 4.98 Å². The number of anilines is 1. The van der Waals surface area contributed by atoms with Crippen molar-refractivity contribution in [3.63, 3.8) is 0 Å². The molecule has 1 amide bonds. The van der Waals surface area contributed by atoms with E-state index in [1.54, 1.807) is 31.4 Å². The van der Waals surface area contributed by atoms with Crippen LogP contribution in [0, 0.1) is 0 Å². The second-order valence-electron chi connectivity index (χ2n) is 6.32. The Morgan fingerprint density at radius 3 is 2.64 bits per heavy atom. The molecule has 0 aliphatic heterocycles. The normalized spacial score (nSPS) is 10.8. The SMILES string of the molecule is COc1cccc(C(=O)Nc2nc3ccccc3n2Cc2ccc(Cl)cc2)c1. The van der Waals surface area contributed by atoms with Crippen LogP contribution in [0.2, 0.25) is 5.02 Å². The molecule has 0 spiro atoms. The smallest absolute Gasteiger partial charge is 0.258 e. The predicted octanol–water partition coefficient (Wildman–Crippen LogP) is 5.00. The number of nitrogens with one attached hydrogen (secondary N) is 1. The first-order valence-electron chi connectivity index (χ1n) is 8.79. The number of para-hydroxylation sites is 2. The zero-order chi connectivity index (χ0) is 19.5. The van der Waals surface area contributed by atoms with E-state index in [-0.39, 0.29) is 5.91 Å². The van der Waals surface area contributed by atoms with Gasteiger partial charge in [0.25, 0.3) is 5.91 Å². The zero-order valence-corrected chi connectivity index (χ0v) is 16.0. The third kappa shape index (κ3) is 3.70. The lowest BCUT2D eigenvalue weighted by molar-refractivity contribution is 0.102. The molecule has 0 fully saturated rings. The summed E-state index contributed by atoms with van der Waals surface area (Å²) in [6.07, 6.45) is 0. The summed E-state index contributed by atoms with van der Waals surface area (Å²) in [5.41, 5.74) is 3.32. The number of aromatic nitrogens is 2. The van der Waals surface area contributed by atoms with Gasteiger partial charge < -0.3 is 9.30 Å². The van der Waals surface area contributed by atoms with Gasteiger partial charge in [0.15, 0.2) is 0 Å². The molecule has 0 bridgehead atoms. The van der Waals surface area contributed by atoms with E-state index in [1.807, 2.05) is 53.1 Å². The quantitative estimate of drug-likeness (QED) is 0.521. The van der Waals surface area contributed by atoms with E-state index < -0.39 is 0 Å². The van der Waals surface area contributed by atoms with E-state index in [9.17, 15) is 4.79 Å². The number of nitrogens with zero attached hydrogens (tertiary/aromatic N) is 2. The van der Waals surface area contributed by atoms with Gasteiger partial charge in [-0.1, -0.05) is 41.9 Å². The topological polar surface area (TPSA) is 56.1 Å². The molecule has 1 aromatic heterocycles. The van der Waals surface area contributed by atoms with Gasteiger partial charge in [-0.3, -0.25) is 10.1 Å². The minimum Gasteiger partial charge on any atom is -0.497 e. The standard InChI is InChI=1S/C22H18ClN3O2/c1-28-18-6-4-5-16(13-18)21(27)25-22-24-19-7-2-3-8-20(19)26(22)14-15-9-11-17(23)12-10-15/h2-13H,14H2,1H3,(H,24,25,27). The highest BCUT2D eigenvalue weighted by molar-refractivity contribution is 6.30. The third-order valence-corrected chi connectivity index (χ3v) is 4.72. The number of amides is 1. The Morgan fingerprint density at radius 2 is 1.86 bits per heavy atom. The van der Waals surface area contributed by atoms with Crippen LogP contribution in [0.5, 0.6) is 5.75 Å². The average molecular weight is 392 g/mol. The molecule has 0 aliphatic rings. The van der Waals surface area contributed by atoms with Gasteiger partial charge in [0.1, 0.15) is 5.75 Å². The molecule has 28 heavy (non-hydrogen) atoms. The number of benzene rings is 3. The van der Waals surface area contributed by atoms with Gasteiger partial charge in [-0.05, 0) is 48.0 Å². The Kier molecular flexibility index (Phi) is 5.00.